The molecule has 0 saturated carbocycles. The van der Waals surface area contributed by atoms with Gasteiger partial charge in [-0.25, -0.2) is 9.13 Å². The summed E-state index contributed by atoms with van der Waals surface area (Å²) in [6.07, 6.45) is 57.3. The zero-order chi connectivity index (χ0) is 67.5. The fraction of sp³-hybridized carbons (Fsp3) is 0.945. The Bertz CT molecular complexity index is 1760. The van der Waals surface area contributed by atoms with Crippen LogP contribution in [0.25, 0.3) is 0 Å². The second-order valence-electron chi connectivity index (χ2n) is 26.3. The number of aliphatic hydroxyl groups is 1. The molecule has 0 spiro atoms. The summed E-state index contributed by atoms with van der Waals surface area (Å²) >= 11 is 0. The minimum Gasteiger partial charge on any atom is -0.462 e. The van der Waals surface area contributed by atoms with E-state index in [0.29, 0.717) is 25.7 Å². The summed E-state index contributed by atoms with van der Waals surface area (Å²) in [5.74, 6) is -2.13. The van der Waals surface area contributed by atoms with E-state index in [1.807, 2.05) is 0 Å². The molecule has 5 atom stereocenters. The molecule has 546 valence electrons. The van der Waals surface area contributed by atoms with Crippen molar-refractivity contribution in [2.45, 2.75) is 406 Å². The number of phosphoric ester groups is 2. The van der Waals surface area contributed by atoms with Crippen LogP contribution in [0.15, 0.2) is 0 Å². The van der Waals surface area contributed by atoms with Crippen molar-refractivity contribution in [3.8, 4) is 0 Å². The number of carbonyl (C=O) groups is 4. The Morgan fingerprint density at radius 2 is 0.435 bits per heavy atom. The summed E-state index contributed by atoms with van der Waals surface area (Å²) in [4.78, 5) is 72.4. The molecule has 17 nitrogen and oxygen atoms in total. The molecule has 3 N–H and O–H groups in total. The van der Waals surface area contributed by atoms with Gasteiger partial charge in [-0.2, -0.15) is 0 Å². The Kier molecular flexibility index (Phi) is 66.2. The summed E-state index contributed by atoms with van der Waals surface area (Å²) in [7, 11) is -9.89. The largest absolute Gasteiger partial charge is 0.472 e. The lowest BCUT2D eigenvalue weighted by Crippen LogP contribution is -2.30. The Morgan fingerprint density at radius 3 is 0.641 bits per heavy atom. The van der Waals surface area contributed by atoms with Gasteiger partial charge >= 0.3 is 39.5 Å². The number of phosphoric acid groups is 2. The molecule has 0 aromatic rings. The SMILES string of the molecule is CCCCCCCCCCCCCCCCCCCCCCCCC(=O)O[C@H](COC(=O)CCCCCCCCCCCCCCCCC)COP(=O)(O)OC[C@@H](O)COP(=O)(O)OC[C@@H](COC(=O)CCCCCCCCC)OC(=O)CCCCCCCCCC. The summed E-state index contributed by atoms with van der Waals surface area (Å²) in [6.45, 7) is 4.89. The van der Waals surface area contributed by atoms with Gasteiger partial charge in [0.05, 0.1) is 26.4 Å². The molecule has 0 fully saturated rings. The van der Waals surface area contributed by atoms with Crippen LogP contribution in [0.3, 0.4) is 0 Å². The van der Waals surface area contributed by atoms with Crippen molar-refractivity contribution in [3.05, 3.63) is 0 Å². The van der Waals surface area contributed by atoms with Crippen molar-refractivity contribution < 1.29 is 80.2 Å². The summed E-state index contributed by atoms with van der Waals surface area (Å²) in [6, 6.07) is 0. The average Bonchev–Trinajstić information content (AvgIpc) is 2.17. The van der Waals surface area contributed by atoms with E-state index in [2.05, 4.69) is 27.7 Å². The van der Waals surface area contributed by atoms with Crippen LogP contribution < -0.4 is 0 Å². The second kappa shape index (κ2) is 67.6. The third kappa shape index (κ3) is 66.7. The summed E-state index contributed by atoms with van der Waals surface area (Å²) in [5.41, 5.74) is 0. The van der Waals surface area contributed by atoms with E-state index < -0.39 is 97.5 Å². The molecule has 0 aromatic carbocycles. The van der Waals surface area contributed by atoms with Gasteiger partial charge in [-0.15, -0.1) is 0 Å². The summed E-state index contributed by atoms with van der Waals surface area (Å²) in [5, 5.41) is 10.6. The highest BCUT2D eigenvalue weighted by atomic mass is 31.2. The standard InChI is InChI=1S/C73H142O17P2/c1-5-9-13-17-21-24-26-28-30-31-32-33-34-35-36-38-40-42-44-48-52-56-60-73(78)90-69(64-84-71(76)58-54-50-47-43-41-39-37-29-27-25-22-18-14-10-6-2)66-88-92(81,82)86-62-67(74)61-85-91(79,80)87-65-68(63-83-70(75)57-53-49-45-20-16-12-8-4)89-72(77)59-55-51-46-23-19-15-11-7-3/h67-69,74H,5-66H2,1-4H3,(H,79,80)(H,81,82)/t67-,68+,69+/m0/s1. The fourth-order valence-corrected chi connectivity index (χ4v) is 12.8. The van der Waals surface area contributed by atoms with Gasteiger partial charge in [-0.1, -0.05) is 336 Å². The third-order valence-electron chi connectivity index (χ3n) is 17.1. The number of aliphatic hydroxyl groups excluding tert-OH is 1. The predicted molar refractivity (Wildman–Crippen MR) is 372 cm³/mol. The molecule has 0 aliphatic heterocycles. The number of hydrogen-bond acceptors (Lipinski definition) is 15. The van der Waals surface area contributed by atoms with E-state index in [4.69, 9.17) is 37.0 Å². The van der Waals surface area contributed by atoms with Crippen molar-refractivity contribution in [2.24, 2.45) is 0 Å². The first-order valence-corrected chi connectivity index (χ1v) is 41.3. The topological polar surface area (TPSA) is 237 Å². The maximum Gasteiger partial charge on any atom is 0.472 e. The molecule has 0 heterocycles. The zero-order valence-electron chi connectivity index (χ0n) is 59.5. The van der Waals surface area contributed by atoms with E-state index in [1.54, 1.807) is 0 Å². The van der Waals surface area contributed by atoms with E-state index >= 15 is 0 Å². The van der Waals surface area contributed by atoms with Crippen LogP contribution in [0.2, 0.25) is 0 Å². The summed E-state index contributed by atoms with van der Waals surface area (Å²) < 4.78 is 68.2. The predicted octanol–water partition coefficient (Wildman–Crippen LogP) is 21.4. The third-order valence-corrected chi connectivity index (χ3v) is 19.0. The lowest BCUT2D eigenvalue weighted by atomic mass is 10.0. The van der Waals surface area contributed by atoms with Crippen molar-refractivity contribution in [1.29, 1.82) is 0 Å². The molecule has 0 aliphatic rings. The maximum atomic E-state index is 13.1. The van der Waals surface area contributed by atoms with Crippen LogP contribution in [0, 0.1) is 0 Å². The van der Waals surface area contributed by atoms with Crippen molar-refractivity contribution >= 4 is 39.5 Å². The minimum atomic E-state index is -4.95. The molecule has 0 rings (SSSR count). The Labute approximate surface area is 562 Å². The average molecular weight is 1350 g/mol. The molecule has 0 radical (unpaired) electrons. The van der Waals surface area contributed by atoms with Gasteiger partial charge < -0.3 is 33.8 Å². The van der Waals surface area contributed by atoms with E-state index in [9.17, 15) is 43.2 Å². The van der Waals surface area contributed by atoms with Crippen molar-refractivity contribution in [1.82, 2.24) is 0 Å². The molecule has 0 amide bonds. The van der Waals surface area contributed by atoms with Gasteiger partial charge in [0.25, 0.3) is 0 Å². The monoisotopic (exact) mass is 1350 g/mol. The van der Waals surface area contributed by atoms with Crippen LogP contribution >= 0.6 is 15.6 Å². The zero-order valence-corrected chi connectivity index (χ0v) is 61.3. The number of unbranched alkanes of at least 4 members (excludes halogenated alkanes) is 48. The Balaban J connectivity index is 5.11. The maximum absolute atomic E-state index is 13.1. The molecule has 0 aromatic heterocycles. The molecule has 0 bridgehead atoms. The molecule has 92 heavy (non-hydrogen) atoms. The number of ether oxygens (including phenoxy) is 4. The van der Waals surface area contributed by atoms with Gasteiger partial charge in [0.15, 0.2) is 12.2 Å². The quantitative estimate of drug-likeness (QED) is 0.0222. The second-order valence-corrected chi connectivity index (χ2v) is 29.2. The van der Waals surface area contributed by atoms with Gasteiger partial charge in [0.2, 0.25) is 0 Å². The van der Waals surface area contributed by atoms with Crippen LogP contribution in [-0.2, 0) is 65.4 Å². The number of rotatable bonds is 74. The number of esters is 4. The van der Waals surface area contributed by atoms with E-state index in [1.165, 1.54) is 199 Å². The van der Waals surface area contributed by atoms with Gasteiger partial charge in [-0.3, -0.25) is 37.3 Å². The van der Waals surface area contributed by atoms with Gasteiger partial charge in [0, 0.05) is 25.7 Å². The molecular formula is C73H142O17P2. The fourth-order valence-electron chi connectivity index (χ4n) is 11.2. The normalized spacial score (nSPS) is 13.9. The number of carbonyl (C=O) groups excluding carboxylic acids is 4. The first kappa shape index (κ1) is 90.1. The first-order valence-electron chi connectivity index (χ1n) is 38.3. The van der Waals surface area contributed by atoms with Crippen LogP contribution in [-0.4, -0.2) is 96.7 Å². The minimum absolute atomic E-state index is 0.105. The lowest BCUT2D eigenvalue weighted by Gasteiger charge is -2.21. The van der Waals surface area contributed by atoms with Crippen LogP contribution in [0.5, 0.6) is 0 Å². The lowest BCUT2D eigenvalue weighted by molar-refractivity contribution is -0.161. The van der Waals surface area contributed by atoms with Crippen molar-refractivity contribution in [3.63, 3.8) is 0 Å². The highest BCUT2D eigenvalue weighted by Gasteiger charge is 2.30. The highest BCUT2D eigenvalue weighted by Crippen LogP contribution is 2.45. The van der Waals surface area contributed by atoms with Crippen LogP contribution in [0.1, 0.15) is 387 Å². The highest BCUT2D eigenvalue weighted by molar-refractivity contribution is 7.47. The van der Waals surface area contributed by atoms with E-state index in [-0.39, 0.29) is 25.7 Å². The van der Waals surface area contributed by atoms with Crippen LogP contribution in [0.4, 0.5) is 0 Å². The number of hydrogen-bond donors (Lipinski definition) is 3. The molecule has 19 heteroatoms. The van der Waals surface area contributed by atoms with Gasteiger partial charge in [-0.05, 0) is 25.7 Å². The smallest absolute Gasteiger partial charge is 0.462 e. The Hall–Kier alpha value is -1.94. The molecular weight excluding hydrogens is 1210 g/mol. The Morgan fingerprint density at radius 1 is 0.261 bits per heavy atom. The molecule has 2 unspecified atom stereocenters. The van der Waals surface area contributed by atoms with Crippen molar-refractivity contribution in [2.75, 3.05) is 39.6 Å². The van der Waals surface area contributed by atoms with E-state index in [0.717, 1.165) is 109 Å². The first-order chi connectivity index (χ1) is 44.7. The molecule has 0 aliphatic carbocycles. The van der Waals surface area contributed by atoms with Gasteiger partial charge in [0.1, 0.15) is 19.3 Å². The molecule has 0 saturated heterocycles.